The Hall–Kier alpha value is -2.67. The van der Waals surface area contributed by atoms with Crippen molar-refractivity contribution in [2.24, 2.45) is 0 Å². The highest BCUT2D eigenvalue weighted by molar-refractivity contribution is 9.10. The molecule has 122 valence electrons. The van der Waals surface area contributed by atoms with Crippen molar-refractivity contribution in [3.05, 3.63) is 58.7 Å². The highest BCUT2D eigenvalue weighted by Crippen LogP contribution is 2.23. The van der Waals surface area contributed by atoms with E-state index >= 15 is 0 Å². The van der Waals surface area contributed by atoms with E-state index in [1.165, 1.54) is 0 Å². The molecule has 0 saturated carbocycles. The molecular formula is C17H16BrN5O. The van der Waals surface area contributed by atoms with Crippen LogP contribution in [0, 0.1) is 6.92 Å². The second-order valence-corrected chi connectivity index (χ2v) is 6.02. The van der Waals surface area contributed by atoms with Gasteiger partial charge in [0.2, 0.25) is 5.95 Å². The van der Waals surface area contributed by atoms with Crippen molar-refractivity contribution in [3.8, 4) is 5.75 Å². The summed E-state index contributed by atoms with van der Waals surface area (Å²) < 4.78 is 6.24. The minimum atomic E-state index is 0.424. The molecule has 0 bridgehead atoms. The number of benzene rings is 2. The molecular weight excluding hydrogens is 370 g/mol. The number of nitrogens with zero attached hydrogens (tertiary/aromatic N) is 3. The zero-order chi connectivity index (χ0) is 16.9. The molecule has 0 unspecified atom stereocenters. The highest BCUT2D eigenvalue weighted by Gasteiger charge is 2.05. The summed E-state index contributed by atoms with van der Waals surface area (Å²) in [5, 5.41) is 14.4. The summed E-state index contributed by atoms with van der Waals surface area (Å²) in [6.07, 6.45) is 1.57. The van der Waals surface area contributed by atoms with E-state index in [2.05, 4.69) is 41.7 Å². The first kappa shape index (κ1) is 16.2. The normalized spacial score (nSPS) is 10.3. The van der Waals surface area contributed by atoms with E-state index in [0.717, 1.165) is 27.2 Å². The molecule has 0 fully saturated rings. The molecule has 1 aromatic heterocycles. The number of rotatable bonds is 5. The molecule has 0 atom stereocenters. The molecule has 3 rings (SSSR count). The summed E-state index contributed by atoms with van der Waals surface area (Å²) >= 11 is 3.45. The molecule has 0 radical (unpaired) electrons. The molecule has 7 heteroatoms. The first-order chi connectivity index (χ1) is 11.6. The van der Waals surface area contributed by atoms with E-state index in [-0.39, 0.29) is 0 Å². The molecule has 1 heterocycles. The van der Waals surface area contributed by atoms with Gasteiger partial charge < -0.3 is 15.4 Å². The summed E-state index contributed by atoms with van der Waals surface area (Å²) in [6.45, 7) is 2.01. The third kappa shape index (κ3) is 3.99. The lowest BCUT2D eigenvalue weighted by molar-refractivity contribution is 0.415. The van der Waals surface area contributed by atoms with Gasteiger partial charge in [-0.05, 0) is 42.8 Å². The van der Waals surface area contributed by atoms with Gasteiger partial charge in [0.15, 0.2) is 5.82 Å². The fourth-order valence-electron chi connectivity index (χ4n) is 2.15. The molecule has 0 aliphatic heterocycles. The topological polar surface area (TPSA) is 72.0 Å². The number of nitrogens with one attached hydrogen (secondary N) is 2. The van der Waals surface area contributed by atoms with Crippen LogP contribution in [0.4, 0.5) is 23.1 Å². The lowest BCUT2D eigenvalue weighted by Gasteiger charge is -2.10. The molecule has 2 N–H and O–H groups in total. The zero-order valence-corrected chi connectivity index (χ0v) is 14.8. The first-order valence-corrected chi connectivity index (χ1v) is 8.07. The maximum Gasteiger partial charge on any atom is 0.249 e. The third-order valence-electron chi connectivity index (χ3n) is 3.34. The van der Waals surface area contributed by atoms with Gasteiger partial charge in [0.05, 0.1) is 13.3 Å². The number of anilines is 4. The third-order valence-corrected chi connectivity index (χ3v) is 3.83. The van der Waals surface area contributed by atoms with Gasteiger partial charge in [-0.15, -0.1) is 5.10 Å². The van der Waals surface area contributed by atoms with Crippen LogP contribution in [0.2, 0.25) is 0 Å². The van der Waals surface area contributed by atoms with Gasteiger partial charge in [-0.1, -0.05) is 22.0 Å². The molecule has 6 nitrogen and oxygen atoms in total. The largest absolute Gasteiger partial charge is 0.497 e. The van der Waals surface area contributed by atoms with Gasteiger partial charge >= 0.3 is 0 Å². The van der Waals surface area contributed by atoms with Crippen LogP contribution in [-0.2, 0) is 0 Å². The summed E-state index contributed by atoms with van der Waals surface area (Å²) in [4.78, 5) is 4.43. The van der Waals surface area contributed by atoms with E-state index in [4.69, 9.17) is 4.74 Å². The lowest BCUT2D eigenvalue weighted by atomic mass is 10.2. The molecule has 3 aromatic rings. The Balaban J connectivity index is 1.78. The number of hydrogen-bond acceptors (Lipinski definition) is 6. The van der Waals surface area contributed by atoms with Crippen molar-refractivity contribution in [1.82, 2.24) is 15.2 Å². The van der Waals surface area contributed by atoms with E-state index in [1.54, 1.807) is 13.3 Å². The quantitative estimate of drug-likeness (QED) is 0.676. The van der Waals surface area contributed by atoms with Crippen LogP contribution in [0.3, 0.4) is 0 Å². The van der Waals surface area contributed by atoms with Crippen molar-refractivity contribution >= 4 is 39.1 Å². The smallest absolute Gasteiger partial charge is 0.249 e. The molecule has 0 spiro atoms. The van der Waals surface area contributed by atoms with Gasteiger partial charge in [-0.25, -0.2) is 0 Å². The predicted octanol–water partition coefficient (Wildman–Crippen LogP) is 4.44. The summed E-state index contributed by atoms with van der Waals surface area (Å²) in [6, 6.07) is 13.5. The van der Waals surface area contributed by atoms with E-state index < -0.39 is 0 Å². The number of hydrogen-bond donors (Lipinski definition) is 2. The van der Waals surface area contributed by atoms with Gasteiger partial charge in [0.25, 0.3) is 0 Å². The zero-order valence-electron chi connectivity index (χ0n) is 13.2. The number of aryl methyl sites for hydroxylation is 1. The Morgan fingerprint density at radius 3 is 2.75 bits per heavy atom. The molecule has 0 saturated heterocycles. The minimum absolute atomic E-state index is 0.424. The summed E-state index contributed by atoms with van der Waals surface area (Å²) in [5.74, 6) is 1.79. The molecule has 0 aliphatic rings. The molecule has 0 aliphatic carbocycles. The van der Waals surface area contributed by atoms with Gasteiger partial charge in [-0.3, -0.25) is 0 Å². The standard InChI is InChI=1S/C17H16BrN5O/c1-11-8-12(18)6-7-15(11)21-17-22-16(10-19-23-17)20-13-4-3-5-14(9-13)24-2/h3-10H,1-2H3,(H2,20,21,22,23). The van der Waals surface area contributed by atoms with Crippen LogP contribution in [0.5, 0.6) is 5.75 Å². The van der Waals surface area contributed by atoms with Crippen molar-refractivity contribution in [2.75, 3.05) is 17.7 Å². The summed E-state index contributed by atoms with van der Waals surface area (Å²) in [5.41, 5.74) is 2.87. The highest BCUT2D eigenvalue weighted by atomic mass is 79.9. The van der Waals surface area contributed by atoms with Gasteiger partial charge in [-0.2, -0.15) is 10.1 Å². The van der Waals surface area contributed by atoms with Crippen molar-refractivity contribution in [1.29, 1.82) is 0 Å². The van der Waals surface area contributed by atoms with Crippen LogP contribution >= 0.6 is 15.9 Å². The van der Waals surface area contributed by atoms with Crippen molar-refractivity contribution in [3.63, 3.8) is 0 Å². The molecule has 2 aromatic carbocycles. The second kappa shape index (κ2) is 7.27. The van der Waals surface area contributed by atoms with Crippen LogP contribution in [-0.4, -0.2) is 22.3 Å². The Morgan fingerprint density at radius 2 is 1.96 bits per heavy atom. The average Bonchev–Trinajstić information content (AvgIpc) is 2.58. The second-order valence-electron chi connectivity index (χ2n) is 5.11. The minimum Gasteiger partial charge on any atom is -0.497 e. The molecule has 24 heavy (non-hydrogen) atoms. The Labute approximate surface area is 148 Å². The Kier molecular flexibility index (Phi) is 4.90. The van der Waals surface area contributed by atoms with Crippen LogP contribution < -0.4 is 15.4 Å². The number of halogens is 1. The average molecular weight is 386 g/mol. The SMILES string of the molecule is COc1cccc(Nc2cnnc(Nc3ccc(Br)cc3C)n2)c1. The first-order valence-electron chi connectivity index (χ1n) is 7.28. The monoisotopic (exact) mass is 385 g/mol. The maximum atomic E-state index is 5.21. The Morgan fingerprint density at radius 1 is 1.08 bits per heavy atom. The van der Waals surface area contributed by atoms with Crippen LogP contribution in [0.25, 0.3) is 0 Å². The van der Waals surface area contributed by atoms with E-state index in [9.17, 15) is 0 Å². The fourth-order valence-corrected chi connectivity index (χ4v) is 2.63. The number of ether oxygens (including phenoxy) is 1. The predicted molar refractivity (Wildman–Crippen MR) is 98.3 cm³/mol. The number of methoxy groups -OCH3 is 1. The van der Waals surface area contributed by atoms with Crippen LogP contribution in [0.1, 0.15) is 5.56 Å². The van der Waals surface area contributed by atoms with Crippen molar-refractivity contribution in [2.45, 2.75) is 6.92 Å². The van der Waals surface area contributed by atoms with E-state index in [0.29, 0.717) is 11.8 Å². The summed E-state index contributed by atoms with van der Waals surface area (Å²) in [7, 11) is 1.63. The van der Waals surface area contributed by atoms with Crippen LogP contribution in [0.15, 0.2) is 53.1 Å². The van der Waals surface area contributed by atoms with Gasteiger partial charge in [0.1, 0.15) is 5.75 Å². The maximum absolute atomic E-state index is 5.21. The Bertz CT molecular complexity index is 856. The van der Waals surface area contributed by atoms with Crippen molar-refractivity contribution < 1.29 is 4.74 Å². The molecule has 0 amide bonds. The van der Waals surface area contributed by atoms with E-state index in [1.807, 2.05) is 49.4 Å². The van der Waals surface area contributed by atoms with Gasteiger partial charge in [0, 0.05) is 21.9 Å². The lowest BCUT2D eigenvalue weighted by Crippen LogP contribution is -2.03. The fraction of sp³-hybridized carbons (Fsp3) is 0.118. The number of aromatic nitrogens is 3.